The highest BCUT2D eigenvalue weighted by Gasteiger charge is 2.28. The summed E-state index contributed by atoms with van der Waals surface area (Å²) in [4.78, 5) is 26.0. The minimum absolute atomic E-state index is 0.0102. The van der Waals surface area contributed by atoms with E-state index in [1.54, 1.807) is 6.92 Å². The quantitative estimate of drug-likeness (QED) is 0.453. The van der Waals surface area contributed by atoms with E-state index in [0.717, 1.165) is 4.57 Å². The van der Waals surface area contributed by atoms with Crippen LogP contribution in [0, 0.1) is 31.0 Å². The van der Waals surface area contributed by atoms with Gasteiger partial charge in [0.05, 0.1) is 11.7 Å². The van der Waals surface area contributed by atoms with Crippen LogP contribution in [0.1, 0.15) is 53.1 Å². The van der Waals surface area contributed by atoms with Gasteiger partial charge in [0.1, 0.15) is 23.0 Å². The molecule has 0 unspecified atom stereocenters. The van der Waals surface area contributed by atoms with Gasteiger partial charge in [-0.2, -0.15) is 5.26 Å². The molecule has 8 heteroatoms. The lowest BCUT2D eigenvalue weighted by atomic mass is 9.98. The van der Waals surface area contributed by atoms with Gasteiger partial charge in [-0.15, -0.1) is 0 Å². The Labute approximate surface area is 178 Å². The Balaban J connectivity index is 2.11. The van der Waals surface area contributed by atoms with Crippen molar-refractivity contribution in [1.29, 1.82) is 5.26 Å². The molecule has 7 nitrogen and oxygen atoms in total. The highest BCUT2D eigenvalue weighted by molar-refractivity contribution is 6.12. The molecule has 0 spiro atoms. The zero-order chi connectivity index (χ0) is 22.9. The Bertz CT molecular complexity index is 1260. The third-order valence-corrected chi connectivity index (χ3v) is 5.11. The number of aromatic nitrogens is 1. The van der Waals surface area contributed by atoms with Crippen molar-refractivity contribution in [2.24, 2.45) is 0 Å². The summed E-state index contributed by atoms with van der Waals surface area (Å²) >= 11 is 0. The van der Waals surface area contributed by atoms with Gasteiger partial charge in [0.2, 0.25) is 11.7 Å². The first-order valence-corrected chi connectivity index (χ1v) is 9.88. The lowest BCUT2D eigenvalue weighted by Gasteiger charge is -2.15. The van der Waals surface area contributed by atoms with E-state index in [1.807, 2.05) is 19.9 Å². The second-order valence-corrected chi connectivity index (χ2v) is 7.57. The highest BCUT2D eigenvalue weighted by atomic mass is 19.1. The average Bonchev–Trinajstić information content (AvgIpc) is 3.03. The van der Waals surface area contributed by atoms with Gasteiger partial charge in [0, 0.05) is 24.1 Å². The maximum absolute atomic E-state index is 13.6. The normalized spacial score (nSPS) is 11.3. The van der Waals surface area contributed by atoms with E-state index >= 15 is 0 Å². The number of ketones is 1. The number of nitrogens with zero attached hydrogens (tertiary/aromatic N) is 2. The molecule has 31 heavy (non-hydrogen) atoms. The van der Waals surface area contributed by atoms with Gasteiger partial charge in [-0.05, 0) is 57.9 Å². The summed E-state index contributed by atoms with van der Waals surface area (Å²) in [6.45, 7) is 7.20. The van der Waals surface area contributed by atoms with E-state index < -0.39 is 23.0 Å². The maximum Gasteiger partial charge on any atom is 0.271 e. The molecule has 0 radical (unpaired) electrons. The number of carbonyl (C=O) groups excluding carboxylic acids is 1. The molecule has 0 saturated heterocycles. The van der Waals surface area contributed by atoms with Crippen LogP contribution in [0.4, 0.5) is 4.39 Å². The van der Waals surface area contributed by atoms with E-state index in [9.17, 15) is 24.3 Å². The van der Waals surface area contributed by atoms with Crippen LogP contribution in [-0.2, 0) is 11.3 Å². The molecule has 0 amide bonds. The molecule has 0 saturated carbocycles. The molecule has 1 aromatic carbocycles. The molecule has 3 rings (SSSR count). The minimum Gasteiger partial charge on any atom is -0.494 e. The monoisotopic (exact) mass is 426 g/mol. The molecule has 0 aliphatic carbocycles. The number of aromatic hydroxyl groups is 1. The number of hydrogen-bond acceptors (Lipinski definition) is 6. The predicted octanol–water partition coefficient (Wildman–Crippen LogP) is 3.97. The third kappa shape index (κ3) is 4.09. The van der Waals surface area contributed by atoms with E-state index in [-0.39, 0.29) is 35.1 Å². The number of fused-ring (bicyclic) bond motifs is 1. The molecule has 2 aromatic heterocycles. The Kier molecular flexibility index (Phi) is 6.27. The van der Waals surface area contributed by atoms with E-state index in [1.165, 1.54) is 25.1 Å². The van der Waals surface area contributed by atoms with Gasteiger partial charge in [-0.3, -0.25) is 14.2 Å². The Hall–Kier alpha value is -3.44. The Morgan fingerprint density at radius 3 is 2.68 bits per heavy atom. The summed E-state index contributed by atoms with van der Waals surface area (Å²) in [5, 5.41) is 20.7. The average molecular weight is 426 g/mol. The molecule has 162 valence electrons. The van der Waals surface area contributed by atoms with Crippen LogP contribution in [0.5, 0.6) is 5.88 Å². The fourth-order valence-corrected chi connectivity index (χ4v) is 3.50. The lowest BCUT2D eigenvalue weighted by Crippen LogP contribution is -2.27. The molecule has 0 atom stereocenters. The first-order chi connectivity index (χ1) is 14.7. The largest absolute Gasteiger partial charge is 0.494 e. The van der Waals surface area contributed by atoms with E-state index in [2.05, 4.69) is 0 Å². The molecule has 0 aliphatic heterocycles. The summed E-state index contributed by atoms with van der Waals surface area (Å²) < 4.78 is 25.7. The molecule has 3 aromatic rings. The van der Waals surface area contributed by atoms with Gasteiger partial charge < -0.3 is 14.3 Å². The van der Waals surface area contributed by atoms with E-state index in [0.29, 0.717) is 29.6 Å². The number of benzene rings is 1. The van der Waals surface area contributed by atoms with Crippen molar-refractivity contribution in [2.75, 3.05) is 6.61 Å². The molecule has 0 bridgehead atoms. The highest BCUT2D eigenvalue weighted by Crippen LogP contribution is 2.31. The lowest BCUT2D eigenvalue weighted by molar-refractivity contribution is 0.0743. The number of furan rings is 1. The van der Waals surface area contributed by atoms with Crippen LogP contribution in [0.3, 0.4) is 0 Å². The van der Waals surface area contributed by atoms with Gasteiger partial charge in [0.15, 0.2) is 5.76 Å². The number of ether oxygens (including phenoxy) is 1. The third-order valence-electron chi connectivity index (χ3n) is 5.11. The SMILES string of the molecule is Cc1c(C(=O)c2oc3ccc(F)cc3c2C)c(O)n(CCCOC(C)C)c(=O)c1C#N. The Morgan fingerprint density at radius 1 is 1.32 bits per heavy atom. The standard InChI is InChI=1S/C23H23FN2O5/c1-12(2)30-9-5-8-26-22(28)17(11-25)13(3)19(23(26)29)20(27)21-14(4)16-10-15(24)6-7-18(16)31-21/h6-7,10,12,29H,5,8-9H2,1-4H3. The van der Waals surface area contributed by atoms with Gasteiger partial charge in [0.25, 0.3) is 5.56 Å². The molecular weight excluding hydrogens is 403 g/mol. The number of aryl methyl sites for hydroxylation is 1. The van der Waals surface area contributed by atoms with Crippen molar-refractivity contribution in [1.82, 2.24) is 4.57 Å². The first-order valence-electron chi connectivity index (χ1n) is 9.88. The molecule has 0 fully saturated rings. The van der Waals surface area contributed by atoms with Crippen LogP contribution in [0.2, 0.25) is 0 Å². The van der Waals surface area contributed by atoms with Crippen LogP contribution in [0.15, 0.2) is 27.4 Å². The first kappa shape index (κ1) is 22.2. The predicted molar refractivity (Wildman–Crippen MR) is 112 cm³/mol. The molecule has 0 aliphatic rings. The van der Waals surface area contributed by atoms with Crippen LogP contribution >= 0.6 is 0 Å². The number of carbonyl (C=O) groups is 1. The van der Waals surface area contributed by atoms with Crippen molar-refractivity contribution in [3.63, 3.8) is 0 Å². The maximum atomic E-state index is 13.6. The smallest absolute Gasteiger partial charge is 0.271 e. The Morgan fingerprint density at radius 2 is 2.03 bits per heavy atom. The number of nitriles is 1. The van der Waals surface area contributed by atoms with Crippen LogP contribution < -0.4 is 5.56 Å². The summed E-state index contributed by atoms with van der Waals surface area (Å²) in [5.74, 6) is -1.79. The fraction of sp³-hybridized carbons (Fsp3) is 0.348. The van der Waals surface area contributed by atoms with Crippen molar-refractivity contribution >= 4 is 16.8 Å². The second-order valence-electron chi connectivity index (χ2n) is 7.57. The van der Waals surface area contributed by atoms with Crippen molar-refractivity contribution < 1.29 is 23.4 Å². The molecule has 1 N–H and O–H groups in total. The number of hydrogen-bond donors (Lipinski definition) is 1. The zero-order valence-electron chi connectivity index (χ0n) is 17.8. The fourth-order valence-electron chi connectivity index (χ4n) is 3.50. The summed E-state index contributed by atoms with van der Waals surface area (Å²) in [6, 6.07) is 5.72. The van der Waals surface area contributed by atoms with Crippen molar-refractivity contribution in [2.45, 2.75) is 46.8 Å². The van der Waals surface area contributed by atoms with Crippen molar-refractivity contribution in [3.05, 3.63) is 62.4 Å². The number of halogens is 1. The van der Waals surface area contributed by atoms with Gasteiger partial charge >= 0.3 is 0 Å². The summed E-state index contributed by atoms with van der Waals surface area (Å²) in [5.41, 5.74) is -0.314. The summed E-state index contributed by atoms with van der Waals surface area (Å²) in [7, 11) is 0. The topological polar surface area (TPSA) is 105 Å². The van der Waals surface area contributed by atoms with Gasteiger partial charge in [-0.1, -0.05) is 0 Å². The number of rotatable bonds is 7. The number of pyridine rings is 1. The minimum atomic E-state index is -0.687. The van der Waals surface area contributed by atoms with E-state index in [4.69, 9.17) is 9.15 Å². The molecular formula is C23H23FN2O5. The summed E-state index contributed by atoms with van der Waals surface area (Å²) in [6.07, 6.45) is 0.409. The van der Waals surface area contributed by atoms with Crippen molar-refractivity contribution in [3.8, 4) is 11.9 Å². The van der Waals surface area contributed by atoms with Crippen LogP contribution in [-0.4, -0.2) is 28.2 Å². The second kappa shape index (κ2) is 8.74. The zero-order valence-corrected chi connectivity index (χ0v) is 17.8. The molecule has 2 heterocycles. The van der Waals surface area contributed by atoms with Crippen LogP contribution in [0.25, 0.3) is 11.0 Å². The van der Waals surface area contributed by atoms with Gasteiger partial charge in [-0.25, -0.2) is 4.39 Å².